The summed E-state index contributed by atoms with van der Waals surface area (Å²) in [6, 6.07) is 22.4. The van der Waals surface area contributed by atoms with Crippen LogP contribution in [0.3, 0.4) is 0 Å². The van der Waals surface area contributed by atoms with E-state index in [2.05, 4.69) is 42.6 Å². The number of hydrogen-bond acceptors (Lipinski definition) is 2. The van der Waals surface area contributed by atoms with Gasteiger partial charge in [-0.1, -0.05) is 65.7 Å². The van der Waals surface area contributed by atoms with Crippen molar-refractivity contribution in [3.63, 3.8) is 0 Å². The molecule has 0 aliphatic rings. The summed E-state index contributed by atoms with van der Waals surface area (Å²) in [6.07, 6.45) is 0. The van der Waals surface area contributed by atoms with Gasteiger partial charge in [-0.05, 0) is 43.2 Å². The Morgan fingerprint density at radius 2 is 1.64 bits per heavy atom. The van der Waals surface area contributed by atoms with Gasteiger partial charge in [-0.3, -0.25) is 0 Å². The van der Waals surface area contributed by atoms with E-state index in [-0.39, 0.29) is 0 Å². The summed E-state index contributed by atoms with van der Waals surface area (Å²) in [4.78, 5) is 0. The van der Waals surface area contributed by atoms with Crippen molar-refractivity contribution < 1.29 is 4.74 Å². The van der Waals surface area contributed by atoms with Crippen molar-refractivity contribution >= 4 is 17.3 Å². The maximum atomic E-state index is 6.19. The Labute approximate surface area is 154 Å². The zero-order valence-corrected chi connectivity index (χ0v) is 15.3. The van der Waals surface area contributed by atoms with Crippen LogP contribution in [0.2, 0.25) is 5.02 Å². The highest BCUT2D eigenvalue weighted by Gasteiger charge is 2.06. The molecule has 25 heavy (non-hydrogen) atoms. The number of para-hydroxylation sites is 1. The third-order valence-corrected chi connectivity index (χ3v) is 4.63. The van der Waals surface area contributed by atoms with Crippen LogP contribution >= 0.6 is 11.6 Å². The molecule has 0 radical (unpaired) electrons. The van der Waals surface area contributed by atoms with Crippen molar-refractivity contribution in [2.45, 2.75) is 27.0 Å². The number of anilines is 1. The zero-order chi connectivity index (χ0) is 17.6. The predicted octanol–water partition coefficient (Wildman–Crippen LogP) is 6.15. The number of nitrogens with one attached hydrogen (secondary N) is 1. The van der Waals surface area contributed by atoms with Gasteiger partial charge in [0, 0.05) is 22.8 Å². The summed E-state index contributed by atoms with van der Waals surface area (Å²) in [6.45, 7) is 5.35. The molecule has 0 atom stereocenters. The summed E-state index contributed by atoms with van der Waals surface area (Å²) < 4.78 is 6.04. The first-order chi connectivity index (χ1) is 12.1. The summed E-state index contributed by atoms with van der Waals surface area (Å²) in [5, 5.41) is 4.22. The second-order valence-corrected chi connectivity index (χ2v) is 6.56. The third-order valence-electron chi connectivity index (χ3n) is 4.22. The van der Waals surface area contributed by atoms with Gasteiger partial charge in [0.25, 0.3) is 0 Å². The molecule has 0 spiro atoms. The molecule has 0 fully saturated rings. The minimum Gasteiger partial charge on any atom is -0.489 e. The lowest BCUT2D eigenvalue weighted by Gasteiger charge is -2.14. The highest BCUT2D eigenvalue weighted by Crippen LogP contribution is 2.25. The van der Waals surface area contributed by atoms with Crippen molar-refractivity contribution in [1.82, 2.24) is 0 Å². The van der Waals surface area contributed by atoms with E-state index >= 15 is 0 Å². The van der Waals surface area contributed by atoms with E-state index in [1.165, 1.54) is 11.1 Å². The van der Waals surface area contributed by atoms with Gasteiger partial charge < -0.3 is 10.1 Å². The molecule has 0 aliphatic carbocycles. The van der Waals surface area contributed by atoms with Crippen LogP contribution in [0.15, 0.2) is 66.7 Å². The second kappa shape index (κ2) is 8.09. The molecule has 0 bridgehead atoms. The quantitative estimate of drug-likeness (QED) is 0.575. The molecular formula is C22H22ClNO. The number of benzene rings is 3. The van der Waals surface area contributed by atoms with E-state index in [1.54, 1.807) is 0 Å². The molecule has 2 nitrogen and oxygen atoms in total. The SMILES string of the molecule is Cc1ccc(COc2ccccc2CNc2cccc(Cl)c2C)cc1. The number of ether oxygens (including phenoxy) is 1. The van der Waals surface area contributed by atoms with Gasteiger partial charge in [0.1, 0.15) is 12.4 Å². The maximum absolute atomic E-state index is 6.19. The smallest absolute Gasteiger partial charge is 0.124 e. The molecule has 128 valence electrons. The van der Waals surface area contributed by atoms with E-state index in [1.807, 2.05) is 43.3 Å². The molecule has 0 unspecified atom stereocenters. The molecule has 0 amide bonds. The number of rotatable bonds is 6. The van der Waals surface area contributed by atoms with Crippen LogP contribution in [0.4, 0.5) is 5.69 Å². The monoisotopic (exact) mass is 351 g/mol. The van der Waals surface area contributed by atoms with Gasteiger partial charge >= 0.3 is 0 Å². The lowest BCUT2D eigenvalue weighted by molar-refractivity contribution is 0.303. The summed E-state index contributed by atoms with van der Waals surface area (Å²) in [5.74, 6) is 0.898. The van der Waals surface area contributed by atoms with Crippen LogP contribution in [0.1, 0.15) is 22.3 Å². The number of aryl methyl sites for hydroxylation is 1. The molecule has 0 aromatic heterocycles. The lowest BCUT2D eigenvalue weighted by Crippen LogP contribution is -2.04. The van der Waals surface area contributed by atoms with Crippen molar-refractivity contribution in [3.8, 4) is 5.75 Å². The standard InChI is InChI=1S/C22H22ClNO/c1-16-10-12-18(13-11-16)15-25-22-9-4-3-6-19(22)14-24-21-8-5-7-20(23)17(21)2/h3-13,24H,14-15H2,1-2H3. The van der Waals surface area contributed by atoms with Gasteiger partial charge in [-0.2, -0.15) is 0 Å². The number of halogens is 1. The Morgan fingerprint density at radius 3 is 2.44 bits per heavy atom. The first-order valence-corrected chi connectivity index (χ1v) is 8.76. The minimum atomic E-state index is 0.563. The average molecular weight is 352 g/mol. The molecular weight excluding hydrogens is 330 g/mol. The van der Waals surface area contributed by atoms with Gasteiger partial charge in [0.15, 0.2) is 0 Å². The predicted molar refractivity (Wildman–Crippen MR) is 105 cm³/mol. The molecule has 3 aromatic rings. The van der Waals surface area contributed by atoms with Crippen molar-refractivity contribution in [1.29, 1.82) is 0 Å². The van der Waals surface area contributed by atoms with Crippen LogP contribution in [0.25, 0.3) is 0 Å². The van der Waals surface area contributed by atoms with E-state index in [0.717, 1.165) is 27.6 Å². The fourth-order valence-electron chi connectivity index (χ4n) is 2.63. The fourth-order valence-corrected chi connectivity index (χ4v) is 2.80. The lowest BCUT2D eigenvalue weighted by atomic mass is 10.1. The summed E-state index contributed by atoms with van der Waals surface area (Å²) in [7, 11) is 0. The first kappa shape index (κ1) is 17.4. The van der Waals surface area contributed by atoms with E-state index in [9.17, 15) is 0 Å². The van der Waals surface area contributed by atoms with Crippen molar-refractivity contribution in [2.24, 2.45) is 0 Å². The van der Waals surface area contributed by atoms with E-state index in [4.69, 9.17) is 16.3 Å². The Bertz CT molecular complexity index is 843. The largest absolute Gasteiger partial charge is 0.489 e. The van der Waals surface area contributed by atoms with Gasteiger partial charge in [-0.15, -0.1) is 0 Å². The van der Waals surface area contributed by atoms with Crippen LogP contribution in [-0.2, 0) is 13.2 Å². The van der Waals surface area contributed by atoms with E-state index in [0.29, 0.717) is 13.2 Å². The molecule has 0 saturated heterocycles. The maximum Gasteiger partial charge on any atom is 0.124 e. The van der Waals surface area contributed by atoms with Crippen molar-refractivity contribution in [3.05, 3.63) is 94.0 Å². The molecule has 0 heterocycles. The Morgan fingerprint density at radius 1 is 0.880 bits per heavy atom. The number of hydrogen-bond donors (Lipinski definition) is 1. The first-order valence-electron chi connectivity index (χ1n) is 8.39. The molecule has 0 saturated carbocycles. The zero-order valence-electron chi connectivity index (χ0n) is 14.6. The Balaban J connectivity index is 1.68. The summed E-state index contributed by atoms with van der Waals surface area (Å²) >= 11 is 6.19. The topological polar surface area (TPSA) is 21.3 Å². The second-order valence-electron chi connectivity index (χ2n) is 6.15. The highest BCUT2D eigenvalue weighted by molar-refractivity contribution is 6.31. The molecule has 0 aliphatic heterocycles. The Kier molecular flexibility index (Phi) is 5.62. The van der Waals surface area contributed by atoms with Crippen molar-refractivity contribution in [2.75, 3.05) is 5.32 Å². The molecule has 3 aromatic carbocycles. The fraction of sp³-hybridized carbons (Fsp3) is 0.182. The highest BCUT2D eigenvalue weighted by atomic mass is 35.5. The van der Waals surface area contributed by atoms with E-state index < -0.39 is 0 Å². The van der Waals surface area contributed by atoms with Crippen LogP contribution in [0, 0.1) is 13.8 Å². The Hall–Kier alpha value is -2.45. The normalized spacial score (nSPS) is 10.5. The minimum absolute atomic E-state index is 0.563. The molecule has 3 rings (SSSR count). The van der Waals surface area contributed by atoms with Gasteiger partial charge in [0.2, 0.25) is 0 Å². The van der Waals surface area contributed by atoms with Gasteiger partial charge in [0.05, 0.1) is 0 Å². The van der Waals surface area contributed by atoms with Crippen LogP contribution in [-0.4, -0.2) is 0 Å². The van der Waals surface area contributed by atoms with Crippen LogP contribution in [0.5, 0.6) is 5.75 Å². The third kappa shape index (κ3) is 4.55. The molecule has 1 N–H and O–H groups in total. The van der Waals surface area contributed by atoms with Gasteiger partial charge in [-0.25, -0.2) is 0 Å². The molecule has 3 heteroatoms. The average Bonchev–Trinajstić information content (AvgIpc) is 2.63. The van der Waals surface area contributed by atoms with Crippen LogP contribution < -0.4 is 10.1 Å². The summed E-state index contributed by atoms with van der Waals surface area (Å²) in [5.41, 5.74) is 5.64.